The number of aryl methyl sites for hydroxylation is 2. The van der Waals surface area contributed by atoms with Gasteiger partial charge >= 0.3 is 5.97 Å². The number of hydrogen-bond donors (Lipinski definition) is 2. The number of benzene rings is 1. The van der Waals surface area contributed by atoms with E-state index >= 15 is 0 Å². The van der Waals surface area contributed by atoms with Gasteiger partial charge in [-0.2, -0.15) is 0 Å². The van der Waals surface area contributed by atoms with Crippen molar-refractivity contribution in [3.8, 4) is 0 Å². The lowest BCUT2D eigenvalue weighted by Gasteiger charge is -2.26. The van der Waals surface area contributed by atoms with Gasteiger partial charge in [0.25, 0.3) is 0 Å². The van der Waals surface area contributed by atoms with Crippen molar-refractivity contribution in [3.63, 3.8) is 0 Å². The number of fused-ring (bicyclic) bond motifs is 1. The number of aliphatic carboxylic acids is 1. The molecule has 2 aliphatic rings. The lowest BCUT2D eigenvalue weighted by atomic mass is 9.81. The predicted molar refractivity (Wildman–Crippen MR) is 100 cm³/mol. The maximum Gasteiger partial charge on any atom is 0.311 e. The van der Waals surface area contributed by atoms with Crippen LogP contribution in [-0.2, 0) is 9.59 Å². The molecule has 3 atom stereocenters. The van der Waals surface area contributed by atoms with Crippen molar-refractivity contribution in [1.29, 1.82) is 0 Å². The molecule has 5 nitrogen and oxygen atoms in total. The highest BCUT2D eigenvalue weighted by molar-refractivity contribution is 5.95. The summed E-state index contributed by atoms with van der Waals surface area (Å²) in [5, 5.41) is 12.7. The standard InChI is InChI=1S/C19H26N2O3.ClH/c1-12-6-7-16(13(2)9-12)20-17(22)14(3)21-10-15-5-4-8-19(15,11-21)18(23)24;/h6-7,9,14-15H,4-5,8,10-11H2,1-3H3,(H,20,22)(H,23,24);1H/t14?,15-,19+;/m0./s1. The first-order chi connectivity index (χ1) is 11.3. The minimum absolute atomic E-state index is 0. The number of carbonyl (C=O) groups excluding carboxylic acids is 1. The molecule has 1 saturated carbocycles. The zero-order valence-electron chi connectivity index (χ0n) is 15.0. The van der Waals surface area contributed by atoms with E-state index in [1.54, 1.807) is 0 Å². The van der Waals surface area contributed by atoms with E-state index in [9.17, 15) is 14.7 Å². The number of amides is 1. The van der Waals surface area contributed by atoms with Gasteiger partial charge in [0.1, 0.15) is 0 Å². The molecule has 6 heteroatoms. The van der Waals surface area contributed by atoms with E-state index in [0.29, 0.717) is 13.1 Å². The Labute approximate surface area is 155 Å². The van der Waals surface area contributed by atoms with E-state index in [0.717, 1.165) is 36.1 Å². The number of nitrogens with one attached hydrogen (secondary N) is 1. The number of anilines is 1. The highest BCUT2D eigenvalue weighted by Gasteiger charge is 2.55. The number of carboxylic acids is 1. The molecule has 2 fully saturated rings. The minimum atomic E-state index is -0.700. The monoisotopic (exact) mass is 366 g/mol. The summed E-state index contributed by atoms with van der Waals surface area (Å²) in [5.41, 5.74) is 2.38. The van der Waals surface area contributed by atoms with Gasteiger partial charge in [0.15, 0.2) is 0 Å². The molecule has 2 N–H and O–H groups in total. The van der Waals surface area contributed by atoms with Crippen LogP contribution in [0.2, 0.25) is 0 Å². The van der Waals surface area contributed by atoms with Crippen molar-refractivity contribution in [2.75, 3.05) is 18.4 Å². The molecular weight excluding hydrogens is 340 g/mol. The average Bonchev–Trinajstić information content (AvgIpc) is 3.07. The molecular formula is C19H27ClN2O3. The first kappa shape index (κ1) is 19.7. The van der Waals surface area contributed by atoms with Crippen LogP contribution in [0.5, 0.6) is 0 Å². The third-order valence-electron chi connectivity index (χ3n) is 5.89. The Morgan fingerprint density at radius 3 is 2.68 bits per heavy atom. The number of carboxylic acid groups (broad SMARTS) is 1. The second kappa shape index (κ2) is 7.34. The molecule has 0 spiro atoms. The Morgan fingerprint density at radius 2 is 2.08 bits per heavy atom. The van der Waals surface area contributed by atoms with E-state index in [1.165, 1.54) is 0 Å². The van der Waals surface area contributed by atoms with Crippen LogP contribution in [0.4, 0.5) is 5.69 Å². The van der Waals surface area contributed by atoms with Gasteiger partial charge in [-0.1, -0.05) is 24.1 Å². The number of hydrogen-bond acceptors (Lipinski definition) is 3. The highest BCUT2D eigenvalue weighted by atomic mass is 35.5. The molecule has 0 aromatic heterocycles. The molecule has 1 aliphatic heterocycles. The fourth-order valence-corrected chi connectivity index (χ4v) is 4.33. The summed E-state index contributed by atoms with van der Waals surface area (Å²) in [6.07, 6.45) is 2.66. The summed E-state index contributed by atoms with van der Waals surface area (Å²) >= 11 is 0. The van der Waals surface area contributed by atoms with Crippen LogP contribution >= 0.6 is 12.4 Å². The number of rotatable bonds is 4. The van der Waals surface area contributed by atoms with E-state index in [1.807, 2.05) is 43.9 Å². The van der Waals surface area contributed by atoms with Crippen molar-refractivity contribution in [2.45, 2.75) is 46.1 Å². The van der Waals surface area contributed by atoms with Crippen molar-refractivity contribution in [1.82, 2.24) is 4.90 Å². The number of likely N-dealkylation sites (tertiary alicyclic amines) is 1. The molecule has 1 aromatic rings. The summed E-state index contributed by atoms with van der Waals surface area (Å²) < 4.78 is 0. The predicted octanol–water partition coefficient (Wildman–Crippen LogP) is 3.24. The average molecular weight is 367 g/mol. The largest absolute Gasteiger partial charge is 0.481 e. The summed E-state index contributed by atoms with van der Waals surface area (Å²) in [6.45, 7) is 7.06. The second-order valence-corrected chi connectivity index (χ2v) is 7.46. The maximum absolute atomic E-state index is 12.6. The van der Waals surface area contributed by atoms with E-state index in [4.69, 9.17) is 0 Å². The Morgan fingerprint density at radius 1 is 1.36 bits per heavy atom. The molecule has 138 valence electrons. The lowest BCUT2D eigenvalue weighted by Crippen LogP contribution is -2.43. The van der Waals surface area contributed by atoms with Crippen LogP contribution in [0, 0.1) is 25.2 Å². The van der Waals surface area contributed by atoms with E-state index < -0.39 is 11.4 Å². The van der Waals surface area contributed by atoms with Crippen LogP contribution in [0.1, 0.15) is 37.3 Å². The number of halogens is 1. The summed E-state index contributed by atoms with van der Waals surface area (Å²) in [7, 11) is 0. The third-order valence-corrected chi connectivity index (χ3v) is 5.89. The second-order valence-electron chi connectivity index (χ2n) is 7.46. The molecule has 1 aromatic carbocycles. The van der Waals surface area contributed by atoms with Crippen molar-refractivity contribution in [2.24, 2.45) is 11.3 Å². The maximum atomic E-state index is 12.6. The Kier molecular flexibility index (Phi) is 5.79. The van der Waals surface area contributed by atoms with E-state index in [2.05, 4.69) is 5.32 Å². The highest BCUT2D eigenvalue weighted by Crippen LogP contribution is 2.49. The fourth-order valence-electron chi connectivity index (χ4n) is 4.33. The Balaban J connectivity index is 0.00000225. The smallest absolute Gasteiger partial charge is 0.311 e. The molecule has 1 heterocycles. The van der Waals surface area contributed by atoms with Gasteiger partial charge in [-0.15, -0.1) is 12.4 Å². The van der Waals surface area contributed by atoms with Crippen LogP contribution in [0.15, 0.2) is 18.2 Å². The first-order valence-electron chi connectivity index (χ1n) is 8.69. The molecule has 1 amide bonds. The Bertz CT molecular complexity index is 679. The molecule has 1 aliphatic carbocycles. The van der Waals surface area contributed by atoms with Crippen molar-refractivity contribution >= 4 is 30.0 Å². The van der Waals surface area contributed by atoms with Crippen molar-refractivity contribution in [3.05, 3.63) is 29.3 Å². The third kappa shape index (κ3) is 3.53. The van der Waals surface area contributed by atoms with Crippen LogP contribution in [0.3, 0.4) is 0 Å². The van der Waals surface area contributed by atoms with Gasteiger partial charge in [0, 0.05) is 18.8 Å². The Hall–Kier alpha value is -1.59. The molecule has 1 unspecified atom stereocenters. The van der Waals surface area contributed by atoms with Gasteiger partial charge in [-0.25, -0.2) is 0 Å². The van der Waals surface area contributed by atoms with Gasteiger partial charge in [0.2, 0.25) is 5.91 Å². The molecule has 25 heavy (non-hydrogen) atoms. The summed E-state index contributed by atoms with van der Waals surface area (Å²) in [4.78, 5) is 26.5. The molecule has 0 bridgehead atoms. The minimum Gasteiger partial charge on any atom is -0.481 e. The number of carbonyl (C=O) groups is 2. The number of nitrogens with zero attached hydrogens (tertiary/aromatic N) is 1. The summed E-state index contributed by atoms with van der Waals surface area (Å²) in [5.74, 6) is -0.594. The lowest BCUT2D eigenvalue weighted by molar-refractivity contribution is -0.149. The van der Waals surface area contributed by atoms with Gasteiger partial charge in [-0.3, -0.25) is 14.5 Å². The van der Waals surface area contributed by atoms with Gasteiger partial charge < -0.3 is 10.4 Å². The van der Waals surface area contributed by atoms with E-state index in [-0.39, 0.29) is 30.3 Å². The molecule has 0 radical (unpaired) electrons. The van der Waals surface area contributed by atoms with Crippen LogP contribution in [-0.4, -0.2) is 41.0 Å². The fraction of sp³-hybridized carbons (Fsp3) is 0.579. The van der Waals surface area contributed by atoms with Gasteiger partial charge in [0.05, 0.1) is 11.5 Å². The van der Waals surface area contributed by atoms with Crippen molar-refractivity contribution < 1.29 is 14.7 Å². The first-order valence-corrected chi connectivity index (χ1v) is 8.69. The van der Waals surface area contributed by atoms with Crippen LogP contribution in [0.25, 0.3) is 0 Å². The zero-order valence-corrected chi connectivity index (χ0v) is 15.9. The van der Waals surface area contributed by atoms with Crippen LogP contribution < -0.4 is 5.32 Å². The van der Waals surface area contributed by atoms with Gasteiger partial charge in [-0.05, 0) is 51.2 Å². The zero-order chi connectivity index (χ0) is 17.5. The molecule has 3 rings (SSSR count). The SMILES string of the molecule is Cc1ccc(NC(=O)C(C)N2C[C@@H]3CCC[C@@]3(C(=O)O)C2)c(C)c1.Cl. The topological polar surface area (TPSA) is 69.6 Å². The normalized spacial score (nSPS) is 26.6. The molecule has 1 saturated heterocycles. The quantitative estimate of drug-likeness (QED) is 0.858. The summed E-state index contributed by atoms with van der Waals surface area (Å²) in [6, 6.07) is 5.62.